The first-order chi connectivity index (χ1) is 16.7. The number of H-pyrrole nitrogens is 1. The SMILES string of the molecule is C[C@H](NC(=O)CSc1nnc(-c2c[nH]c3ccccc23)n1C1CC1)c1ccc2c(c1)OCCO2. The first-order valence-electron chi connectivity index (χ1n) is 11.5. The molecule has 174 valence electrons. The van der Waals surface area contributed by atoms with Crippen molar-refractivity contribution in [2.75, 3.05) is 19.0 Å². The third kappa shape index (κ3) is 4.00. The van der Waals surface area contributed by atoms with Gasteiger partial charge in [-0.1, -0.05) is 36.0 Å². The number of rotatable bonds is 7. The van der Waals surface area contributed by atoms with Gasteiger partial charge in [0.1, 0.15) is 13.2 Å². The van der Waals surface area contributed by atoms with Crippen molar-refractivity contribution in [3.8, 4) is 22.9 Å². The first kappa shape index (κ1) is 21.1. The predicted molar refractivity (Wildman–Crippen MR) is 130 cm³/mol. The van der Waals surface area contributed by atoms with Crippen LogP contribution in [0.3, 0.4) is 0 Å². The zero-order valence-corrected chi connectivity index (χ0v) is 19.6. The number of amides is 1. The highest BCUT2D eigenvalue weighted by Gasteiger charge is 2.31. The zero-order valence-electron chi connectivity index (χ0n) is 18.8. The van der Waals surface area contributed by atoms with Crippen molar-refractivity contribution < 1.29 is 14.3 Å². The largest absolute Gasteiger partial charge is 0.486 e. The fraction of sp³-hybridized carbons (Fsp3) is 0.320. The van der Waals surface area contributed by atoms with E-state index in [0.29, 0.717) is 19.3 Å². The normalized spacial score (nSPS) is 15.9. The second-order valence-corrected chi connectivity index (χ2v) is 9.58. The summed E-state index contributed by atoms with van der Waals surface area (Å²) < 4.78 is 13.4. The maximum atomic E-state index is 12.7. The van der Waals surface area contributed by atoms with Crippen molar-refractivity contribution in [1.82, 2.24) is 25.1 Å². The van der Waals surface area contributed by atoms with Crippen LogP contribution in [0.25, 0.3) is 22.3 Å². The summed E-state index contributed by atoms with van der Waals surface area (Å²) in [6.07, 6.45) is 4.20. The predicted octanol–water partition coefficient (Wildman–Crippen LogP) is 4.50. The standard InChI is InChI=1S/C25H25N5O3S/c1-15(16-6-9-21-22(12-16)33-11-10-32-21)27-23(31)14-34-25-29-28-24(30(25)17-7-8-17)19-13-26-20-5-3-2-4-18(19)20/h2-6,9,12-13,15,17,26H,7-8,10-11,14H2,1H3,(H,27,31)/t15-/m0/s1. The summed E-state index contributed by atoms with van der Waals surface area (Å²) >= 11 is 1.43. The Labute approximate surface area is 201 Å². The molecule has 2 aromatic carbocycles. The van der Waals surface area contributed by atoms with Crippen LogP contribution in [0.5, 0.6) is 11.5 Å². The number of thioether (sulfide) groups is 1. The Morgan fingerprint density at radius 1 is 1.18 bits per heavy atom. The van der Waals surface area contributed by atoms with E-state index in [2.05, 4.69) is 37.2 Å². The lowest BCUT2D eigenvalue weighted by Crippen LogP contribution is -2.28. The van der Waals surface area contributed by atoms with Gasteiger partial charge in [0.2, 0.25) is 5.91 Å². The van der Waals surface area contributed by atoms with E-state index in [0.717, 1.165) is 57.4 Å². The molecule has 6 rings (SSSR count). The third-order valence-corrected chi connectivity index (χ3v) is 7.13. The zero-order chi connectivity index (χ0) is 23.1. The molecule has 0 spiro atoms. The fourth-order valence-electron chi connectivity index (χ4n) is 4.30. The van der Waals surface area contributed by atoms with Gasteiger partial charge in [-0.25, -0.2) is 0 Å². The minimum Gasteiger partial charge on any atom is -0.486 e. The number of nitrogens with zero attached hydrogens (tertiary/aromatic N) is 3. The van der Waals surface area contributed by atoms with Crippen molar-refractivity contribution in [1.29, 1.82) is 0 Å². The van der Waals surface area contributed by atoms with Crippen LogP contribution in [0, 0.1) is 0 Å². The minimum atomic E-state index is -0.146. The molecule has 34 heavy (non-hydrogen) atoms. The molecule has 2 aromatic heterocycles. The summed E-state index contributed by atoms with van der Waals surface area (Å²) in [5.74, 6) is 2.54. The number of aromatic amines is 1. The number of aromatic nitrogens is 4. The van der Waals surface area contributed by atoms with E-state index in [1.165, 1.54) is 11.8 Å². The topological polar surface area (TPSA) is 94.1 Å². The van der Waals surface area contributed by atoms with Crippen LogP contribution < -0.4 is 14.8 Å². The van der Waals surface area contributed by atoms with E-state index >= 15 is 0 Å². The van der Waals surface area contributed by atoms with E-state index in [-0.39, 0.29) is 17.7 Å². The maximum Gasteiger partial charge on any atom is 0.230 e. The number of fused-ring (bicyclic) bond motifs is 2. The summed E-state index contributed by atoms with van der Waals surface area (Å²) in [5.41, 5.74) is 3.09. The van der Waals surface area contributed by atoms with E-state index in [9.17, 15) is 4.79 Å². The molecule has 2 aliphatic rings. The minimum absolute atomic E-state index is 0.0496. The molecule has 3 heterocycles. The Hall–Kier alpha value is -3.46. The number of benzene rings is 2. The molecule has 1 fully saturated rings. The molecule has 1 atom stereocenters. The molecule has 8 nitrogen and oxygen atoms in total. The van der Waals surface area contributed by atoms with Crippen LogP contribution in [-0.2, 0) is 4.79 Å². The smallest absolute Gasteiger partial charge is 0.230 e. The molecule has 0 unspecified atom stereocenters. The van der Waals surface area contributed by atoms with Crippen LogP contribution in [0.15, 0.2) is 53.8 Å². The summed E-state index contributed by atoms with van der Waals surface area (Å²) in [4.78, 5) is 16.1. The van der Waals surface area contributed by atoms with Gasteiger partial charge in [-0.2, -0.15) is 0 Å². The molecule has 1 aliphatic carbocycles. The molecule has 0 radical (unpaired) electrons. The highest BCUT2D eigenvalue weighted by molar-refractivity contribution is 7.99. The van der Waals surface area contributed by atoms with Crippen LogP contribution in [0.1, 0.15) is 37.4 Å². The molecule has 0 saturated heterocycles. The molecular formula is C25H25N5O3S. The number of ether oxygens (including phenoxy) is 2. The van der Waals surface area contributed by atoms with Gasteiger partial charge < -0.3 is 19.8 Å². The number of hydrogen-bond donors (Lipinski definition) is 2. The van der Waals surface area contributed by atoms with Crippen molar-refractivity contribution in [2.24, 2.45) is 0 Å². The second-order valence-electron chi connectivity index (χ2n) is 8.64. The molecule has 1 aliphatic heterocycles. The van der Waals surface area contributed by atoms with Crippen molar-refractivity contribution in [3.63, 3.8) is 0 Å². The fourth-order valence-corrected chi connectivity index (χ4v) is 5.12. The molecule has 1 saturated carbocycles. The van der Waals surface area contributed by atoms with Gasteiger partial charge in [0, 0.05) is 28.7 Å². The van der Waals surface area contributed by atoms with Crippen LogP contribution in [0.4, 0.5) is 0 Å². The van der Waals surface area contributed by atoms with Gasteiger partial charge in [-0.3, -0.25) is 9.36 Å². The molecule has 4 aromatic rings. The third-order valence-electron chi connectivity index (χ3n) is 6.18. The van der Waals surface area contributed by atoms with Gasteiger partial charge >= 0.3 is 0 Å². The molecule has 9 heteroatoms. The van der Waals surface area contributed by atoms with Gasteiger partial charge in [0.05, 0.1) is 11.8 Å². The van der Waals surface area contributed by atoms with E-state index in [1.54, 1.807) is 0 Å². The maximum absolute atomic E-state index is 12.7. The number of hydrogen-bond acceptors (Lipinski definition) is 6. The molecule has 2 N–H and O–H groups in total. The second kappa shape index (κ2) is 8.72. The number of carbonyl (C=O) groups excluding carboxylic acids is 1. The van der Waals surface area contributed by atoms with Gasteiger partial charge in [-0.15, -0.1) is 10.2 Å². The van der Waals surface area contributed by atoms with Gasteiger partial charge in [0.15, 0.2) is 22.5 Å². The van der Waals surface area contributed by atoms with Crippen LogP contribution in [0.2, 0.25) is 0 Å². The summed E-state index contributed by atoms with van der Waals surface area (Å²) in [5, 5.41) is 13.9. The molecule has 1 amide bonds. The average Bonchev–Trinajstić information content (AvgIpc) is 3.47. The number of carbonyl (C=O) groups is 1. The molecule has 0 bridgehead atoms. The van der Waals surface area contributed by atoms with Gasteiger partial charge in [0.25, 0.3) is 0 Å². The summed E-state index contributed by atoms with van der Waals surface area (Å²) in [6, 6.07) is 14.2. The van der Waals surface area contributed by atoms with Crippen LogP contribution >= 0.6 is 11.8 Å². The van der Waals surface area contributed by atoms with Crippen molar-refractivity contribution in [2.45, 2.75) is 37.0 Å². The molecular weight excluding hydrogens is 450 g/mol. The number of nitrogens with one attached hydrogen (secondary N) is 2. The van der Waals surface area contributed by atoms with Crippen LogP contribution in [-0.4, -0.2) is 44.6 Å². The Kier molecular flexibility index (Phi) is 5.41. The Morgan fingerprint density at radius 3 is 2.85 bits per heavy atom. The Bertz CT molecular complexity index is 1360. The van der Waals surface area contributed by atoms with E-state index in [4.69, 9.17) is 9.47 Å². The van der Waals surface area contributed by atoms with E-state index < -0.39 is 0 Å². The Balaban J connectivity index is 1.15. The van der Waals surface area contributed by atoms with E-state index in [1.807, 2.05) is 43.5 Å². The quantitative estimate of drug-likeness (QED) is 0.382. The lowest BCUT2D eigenvalue weighted by Gasteiger charge is -2.21. The Morgan fingerprint density at radius 2 is 2.00 bits per heavy atom. The monoisotopic (exact) mass is 475 g/mol. The lowest BCUT2D eigenvalue weighted by atomic mass is 10.1. The highest BCUT2D eigenvalue weighted by Crippen LogP contribution is 2.42. The highest BCUT2D eigenvalue weighted by atomic mass is 32.2. The van der Waals surface area contributed by atoms with Gasteiger partial charge in [-0.05, 0) is 43.5 Å². The summed E-state index contributed by atoms with van der Waals surface area (Å²) in [6.45, 7) is 3.06. The number of para-hydroxylation sites is 1. The average molecular weight is 476 g/mol. The first-order valence-corrected chi connectivity index (χ1v) is 12.5. The summed E-state index contributed by atoms with van der Waals surface area (Å²) in [7, 11) is 0. The van der Waals surface area contributed by atoms with Crippen molar-refractivity contribution >= 4 is 28.6 Å². The lowest BCUT2D eigenvalue weighted by molar-refractivity contribution is -0.119. The van der Waals surface area contributed by atoms with Crippen molar-refractivity contribution in [3.05, 3.63) is 54.2 Å².